The Morgan fingerprint density at radius 3 is 2.33 bits per heavy atom. The molecule has 102 valence electrons. The molecule has 1 saturated carbocycles. The number of carbonyl (C=O) groups is 2. The Balaban J connectivity index is 2.03. The smallest absolute Gasteiger partial charge is 0.307 e. The maximum Gasteiger partial charge on any atom is 0.307 e. The van der Waals surface area contributed by atoms with Gasteiger partial charge in [0.1, 0.15) is 0 Å². The molecule has 4 nitrogen and oxygen atoms in total. The molecule has 1 saturated heterocycles. The summed E-state index contributed by atoms with van der Waals surface area (Å²) in [6.45, 7) is 3.78. The molecule has 0 radical (unpaired) electrons. The zero-order chi connectivity index (χ0) is 13.1. The van der Waals surface area contributed by atoms with E-state index in [2.05, 4.69) is 6.92 Å². The molecule has 4 heteroatoms. The third-order valence-corrected chi connectivity index (χ3v) is 4.37. The summed E-state index contributed by atoms with van der Waals surface area (Å²) in [6.07, 6.45) is 5.57. The van der Waals surface area contributed by atoms with Crippen LogP contribution in [-0.4, -0.2) is 35.0 Å². The highest BCUT2D eigenvalue weighted by atomic mass is 16.4. The number of aliphatic carboxylic acids is 1. The Bertz CT molecular complexity index is 329. The number of likely N-dealkylation sites (tertiary alicyclic amines) is 1. The minimum atomic E-state index is -0.793. The van der Waals surface area contributed by atoms with Crippen LogP contribution in [0.15, 0.2) is 0 Å². The van der Waals surface area contributed by atoms with Gasteiger partial charge in [0.05, 0.1) is 11.8 Å². The van der Waals surface area contributed by atoms with Crippen LogP contribution in [0.1, 0.15) is 45.4 Å². The highest BCUT2D eigenvalue weighted by Crippen LogP contribution is 2.32. The van der Waals surface area contributed by atoms with Crippen molar-refractivity contribution < 1.29 is 14.7 Å². The van der Waals surface area contributed by atoms with Gasteiger partial charge in [-0.1, -0.05) is 19.8 Å². The fourth-order valence-electron chi connectivity index (χ4n) is 3.35. The average molecular weight is 253 g/mol. The highest BCUT2D eigenvalue weighted by Gasteiger charge is 2.38. The van der Waals surface area contributed by atoms with E-state index in [4.69, 9.17) is 0 Å². The minimum Gasteiger partial charge on any atom is -0.481 e. The molecule has 0 unspecified atom stereocenters. The summed E-state index contributed by atoms with van der Waals surface area (Å²) in [5.74, 6) is -0.883. The number of hydrogen-bond donors (Lipinski definition) is 1. The van der Waals surface area contributed by atoms with Gasteiger partial charge in [-0.3, -0.25) is 9.59 Å². The van der Waals surface area contributed by atoms with Gasteiger partial charge in [-0.25, -0.2) is 0 Å². The van der Waals surface area contributed by atoms with Crippen LogP contribution in [0.2, 0.25) is 0 Å². The van der Waals surface area contributed by atoms with E-state index in [9.17, 15) is 14.7 Å². The van der Waals surface area contributed by atoms with Crippen molar-refractivity contribution in [3.63, 3.8) is 0 Å². The summed E-state index contributed by atoms with van der Waals surface area (Å²) < 4.78 is 0. The maximum absolute atomic E-state index is 12.5. The van der Waals surface area contributed by atoms with E-state index in [1.807, 2.05) is 4.90 Å². The number of carboxylic acids is 1. The van der Waals surface area contributed by atoms with E-state index in [1.54, 1.807) is 0 Å². The van der Waals surface area contributed by atoms with Gasteiger partial charge in [0, 0.05) is 13.1 Å². The molecular formula is C14H23NO3. The summed E-state index contributed by atoms with van der Waals surface area (Å²) in [4.78, 5) is 25.6. The van der Waals surface area contributed by atoms with E-state index in [-0.39, 0.29) is 11.8 Å². The Morgan fingerprint density at radius 2 is 1.72 bits per heavy atom. The molecule has 1 aliphatic carbocycles. The lowest BCUT2D eigenvalue weighted by Crippen LogP contribution is -2.46. The van der Waals surface area contributed by atoms with Crippen molar-refractivity contribution in [1.82, 2.24) is 4.90 Å². The van der Waals surface area contributed by atoms with Crippen LogP contribution in [0.3, 0.4) is 0 Å². The lowest BCUT2D eigenvalue weighted by atomic mass is 9.78. The lowest BCUT2D eigenvalue weighted by molar-refractivity contribution is -0.153. The van der Waals surface area contributed by atoms with Crippen LogP contribution in [0, 0.1) is 17.8 Å². The van der Waals surface area contributed by atoms with Gasteiger partial charge in [-0.2, -0.15) is 0 Å². The van der Waals surface area contributed by atoms with Gasteiger partial charge in [0.2, 0.25) is 5.91 Å². The number of nitrogens with zero attached hydrogens (tertiary/aromatic N) is 1. The van der Waals surface area contributed by atoms with E-state index < -0.39 is 11.9 Å². The lowest BCUT2D eigenvalue weighted by Gasteiger charge is -2.36. The first-order chi connectivity index (χ1) is 8.59. The van der Waals surface area contributed by atoms with Crippen molar-refractivity contribution in [3.05, 3.63) is 0 Å². The average Bonchev–Trinajstić information content (AvgIpc) is 2.38. The van der Waals surface area contributed by atoms with E-state index in [1.165, 1.54) is 6.42 Å². The molecule has 0 bridgehead atoms. The number of piperidine rings is 1. The zero-order valence-corrected chi connectivity index (χ0v) is 11.1. The summed E-state index contributed by atoms with van der Waals surface area (Å²) in [5.41, 5.74) is 0. The number of carboxylic acid groups (broad SMARTS) is 1. The molecule has 1 aliphatic heterocycles. The Kier molecular flexibility index (Phi) is 4.25. The van der Waals surface area contributed by atoms with Crippen LogP contribution in [-0.2, 0) is 9.59 Å². The fourth-order valence-corrected chi connectivity index (χ4v) is 3.35. The summed E-state index contributed by atoms with van der Waals surface area (Å²) in [6, 6.07) is 0. The molecule has 0 aromatic heterocycles. The molecule has 0 spiro atoms. The van der Waals surface area contributed by atoms with Gasteiger partial charge in [0.15, 0.2) is 0 Å². The number of hydrogen-bond acceptors (Lipinski definition) is 2. The number of rotatable bonds is 2. The van der Waals surface area contributed by atoms with Crippen molar-refractivity contribution in [2.75, 3.05) is 13.1 Å². The van der Waals surface area contributed by atoms with Gasteiger partial charge in [-0.05, 0) is 31.6 Å². The quantitative estimate of drug-likeness (QED) is 0.820. The normalized spacial score (nSPS) is 33.2. The summed E-state index contributed by atoms with van der Waals surface area (Å²) >= 11 is 0. The first-order valence-electron chi connectivity index (χ1n) is 7.11. The highest BCUT2D eigenvalue weighted by molar-refractivity contribution is 5.85. The molecule has 1 amide bonds. The molecule has 1 heterocycles. The molecule has 18 heavy (non-hydrogen) atoms. The molecule has 0 aromatic rings. The van der Waals surface area contributed by atoms with Crippen molar-refractivity contribution in [3.8, 4) is 0 Å². The third kappa shape index (κ3) is 2.85. The molecule has 2 aliphatic rings. The summed E-state index contributed by atoms with van der Waals surface area (Å²) in [5, 5.41) is 9.24. The first kappa shape index (κ1) is 13.4. The van der Waals surface area contributed by atoms with Crippen LogP contribution in [0.4, 0.5) is 0 Å². The van der Waals surface area contributed by atoms with Crippen molar-refractivity contribution in [1.29, 1.82) is 0 Å². The van der Waals surface area contributed by atoms with E-state index in [0.29, 0.717) is 12.3 Å². The maximum atomic E-state index is 12.5. The molecule has 1 N–H and O–H groups in total. The van der Waals surface area contributed by atoms with Gasteiger partial charge >= 0.3 is 5.97 Å². The van der Waals surface area contributed by atoms with Crippen LogP contribution in [0.5, 0.6) is 0 Å². The van der Waals surface area contributed by atoms with Crippen molar-refractivity contribution in [2.45, 2.75) is 45.4 Å². The van der Waals surface area contributed by atoms with Crippen molar-refractivity contribution in [2.24, 2.45) is 17.8 Å². The van der Waals surface area contributed by atoms with Crippen molar-refractivity contribution >= 4 is 11.9 Å². The molecule has 0 aromatic carbocycles. The molecule has 2 rings (SSSR count). The number of amides is 1. The van der Waals surface area contributed by atoms with E-state index in [0.717, 1.165) is 38.8 Å². The Hall–Kier alpha value is -1.06. The minimum absolute atomic E-state index is 0.0913. The SMILES string of the molecule is C[C@H]1CCCN(C(=O)[C@@H]2CCCC[C@@H]2C(=O)O)C1. The Labute approximate surface area is 108 Å². The van der Waals surface area contributed by atoms with Crippen LogP contribution >= 0.6 is 0 Å². The fraction of sp³-hybridized carbons (Fsp3) is 0.857. The topological polar surface area (TPSA) is 57.6 Å². The van der Waals surface area contributed by atoms with Gasteiger partial charge in [0.25, 0.3) is 0 Å². The zero-order valence-electron chi connectivity index (χ0n) is 11.1. The first-order valence-corrected chi connectivity index (χ1v) is 7.11. The van der Waals surface area contributed by atoms with Crippen LogP contribution in [0.25, 0.3) is 0 Å². The van der Waals surface area contributed by atoms with Gasteiger partial charge in [-0.15, -0.1) is 0 Å². The van der Waals surface area contributed by atoms with Crippen LogP contribution < -0.4 is 0 Å². The standard InChI is InChI=1S/C14H23NO3/c1-10-5-4-8-15(9-10)13(16)11-6-2-3-7-12(11)14(17)18/h10-12H,2-9H2,1H3,(H,17,18)/t10-,11+,12-/m0/s1. The predicted molar refractivity (Wildman–Crippen MR) is 68.1 cm³/mol. The Morgan fingerprint density at radius 1 is 1.06 bits per heavy atom. The monoisotopic (exact) mass is 253 g/mol. The van der Waals surface area contributed by atoms with Gasteiger partial charge < -0.3 is 10.0 Å². The summed E-state index contributed by atoms with van der Waals surface area (Å²) in [7, 11) is 0. The largest absolute Gasteiger partial charge is 0.481 e. The second-order valence-corrected chi connectivity index (χ2v) is 5.87. The van der Waals surface area contributed by atoms with E-state index >= 15 is 0 Å². The third-order valence-electron chi connectivity index (χ3n) is 4.37. The molecule has 2 fully saturated rings. The molecule has 3 atom stereocenters. The molecular weight excluding hydrogens is 230 g/mol. The number of carbonyl (C=O) groups excluding carboxylic acids is 1. The second-order valence-electron chi connectivity index (χ2n) is 5.87. The second kappa shape index (κ2) is 5.72. The predicted octanol–water partition coefficient (Wildman–Crippen LogP) is 2.14.